The third kappa shape index (κ3) is 4.53. The largest absolute Gasteiger partial charge is 0.495 e. The molecule has 0 spiro atoms. The van der Waals surface area contributed by atoms with Crippen LogP contribution < -0.4 is 29.6 Å². The predicted molar refractivity (Wildman–Crippen MR) is 124 cm³/mol. The van der Waals surface area contributed by atoms with Gasteiger partial charge in [-0.1, -0.05) is 11.6 Å². The number of hydrogen-bond acceptors (Lipinski definition) is 8. The fourth-order valence-corrected chi connectivity index (χ4v) is 4.48. The minimum atomic E-state index is -0.107. The third-order valence-corrected chi connectivity index (χ3v) is 6.09. The summed E-state index contributed by atoms with van der Waals surface area (Å²) in [6.45, 7) is 1.01. The Bertz CT molecular complexity index is 1150. The Hall–Kier alpha value is -3.17. The molecule has 0 atom stereocenters. The van der Waals surface area contributed by atoms with E-state index in [-0.39, 0.29) is 12.3 Å². The zero-order valence-electron chi connectivity index (χ0n) is 17.8. The van der Waals surface area contributed by atoms with E-state index >= 15 is 0 Å². The first kappa shape index (κ1) is 22.0. The molecule has 0 saturated heterocycles. The molecule has 1 aliphatic rings. The number of likely N-dealkylation sites (N-methyl/N-ethyl adjacent to an activating group) is 1. The van der Waals surface area contributed by atoms with Crippen LogP contribution in [0.5, 0.6) is 23.0 Å². The lowest BCUT2D eigenvalue weighted by atomic mass is 10.1. The summed E-state index contributed by atoms with van der Waals surface area (Å²) in [5.74, 6) is 2.30. The van der Waals surface area contributed by atoms with Gasteiger partial charge in [-0.3, -0.25) is 4.79 Å². The maximum Gasteiger partial charge on any atom is 0.225 e. The highest BCUT2D eigenvalue weighted by atomic mass is 35.5. The second-order valence-corrected chi connectivity index (χ2v) is 8.30. The number of nitrogens with zero attached hydrogens (tertiary/aromatic N) is 1. The molecule has 3 aromatic rings. The molecule has 1 aliphatic heterocycles. The fourth-order valence-electron chi connectivity index (χ4n) is 3.25. The Kier molecular flexibility index (Phi) is 6.57. The van der Waals surface area contributed by atoms with Gasteiger partial charge in [0, 0.05) is 23.6 Å². The Morgan fingerprint density at radius 2 is 1.88 bits per heavy atom. The molecule has 1 amide bonds. The van der Waals surface area contributed by atoms with Crippen molar-refractivity contribution in [2.75, 3.05) is 39.8 Å². The number of benzene rings is 2. The normalized spacial score (nSPS) is 12.2. The third-order valence-electron chi connectivity index (χ3n) is 4.83. The Labute approximate surface area is 194 Å². The molecule has 0 aliphatic carbocycles. The predicted octanol–water partition coefficient (Wildman–Crippen LogP) is 4.28. The zero-order chi connectivity index (χ0) is 22.7. The minimum Gasteiger partial charge on any atom is -0.495 e. The first-order chi connectivity index (χ1) is 15.5. The van der Waals surface area contributed by atoms with Crippen molar-refractivity contribution in [2.24, 2.45) is 0 Å². The monoisotopic (exact) mass is 475 g/mol. The van der Waals surface area contributed by atoms with Gasteiger partial charge in [0.05, 0.1) is 37.0 Å². The molecule has 0 unspecified atom stereocenters. The first-order valence-corrected chi connectivity index (χ1v) is 11.0. The molecule has 0 fully saturated rings. The van der Waals surface area contributed by atoms with Gasteiger partial charge >= 0.3 is 0 Å². The van der Waals surface area contributed by atoms with Crippen molar-refractivity contribution < 1.29 is 23.7 Å². The van der Waals surface area contributed by atoms with E-state index in [1.165, 1.54) is 11.3 Å². The lowest BCUT2D eigenvalue weighted by Gasteiger charge is -2.18. The van der Waals surface area contributed by atoms with Crippen LogP contribution in [0.2, 0.25) is 5.02 Å². The van der Waals surface area contributed by atoms with Crippen LogP contribution in [0.4, 0.5) is 10.8 Å². The van der Waals surface area contributed by atoms with Crippen LogP contribution in [0.25, 0.3) is 11.3 Å². The van der Waals surface area contributed by atoms with E-state index in [0.29, 0.717) is 57.7 Å². The maximum absolute atomic E-state index is 12.1. The number of rotatable bonds is 7. The van der Waals surface area contributed by atoms with E-state index in [9.17, 15) is 4.79 Å². The van der Waals surface area contributed by atoms with Crippen molar-refractivity contribution in [2.45, 2.75) is 6.42 Å². The summed E-state index contributed by atoms with van der Waals surface area (Å²) in [7, 11) is 4.71. The molecule has 4 rings (SSSR count). The van der Waals surface area contributed by atoms with Gasteiger partial charge in [-0.2, -0.15) is 0 Å². The molecule has 8 nitrogen and oxygen atoms in total. The smallest absolute Gasteiger partial charge is 0.225 e. The fraction of sp³-hybridized carbons (Fsp3) is 0.273. The summed E-state index contributed by atoms with van der Waals surface area (Å²) >= 11 is 7.68. The van der Waals surface area contributed by atoms with Crippen molar-refractivity contribution in [1.29, 1.82) is 0 Å². The average molecular weight is 476 g/mol. The minimum absolute atomic E-state index is 0.107. The van der Waals surface area contributed by atoms with Crippen molar-refractivity contribution in [3.63, 3.8) is 0 Å². The van der Waals surface area contributed by atoms with Crippen LogP contribution in [-0.2, 0) is 11.2 Å². The summed E-state index contributed by atoms with van der Waals surface area (Å²) in [5, 5.41) is 6.94. The van der Waals surface area contributed by atoms with Crippen molar-refractivity contribution >= 4 is 39.7 Å². The molecule has 2 N–H and O–H groups in total. The first-order valence-electron chi connectivity index (χ1n) is 9.81. The Balaban J connectivity index is 1.72. The van der Waals surface area contributed by atoms with E-state index in [1.54, 1.807) is 33.4 Å². The molecule has 2 aromatic carbocycles. The highest BCUT2D eigenvalue weighted by molar-refractivity contribution is 7.16. The van der Waals surface area contributed by atoms with Gasteiger partial charge in [-0.15, -0.1) is 11.3 Å². The number of hydrogen-bond donors (Lipinski definition) is 2. The Morgan fingerprint density at radius 1 is 1.12 bits per heavy atom. The van der Waals surface area contributed by atoms with E-state index in [4.69, 9.17) is 35.5 Å². The number of carbonyl (C=O) groups excluding carboxylic acids is 1. The van der Waals surface area contributed by atoms with Gasteiger partial charge in [0.1, 0.15) is 24.7 Å². The second kappa shape index (κ2) is 9.54. The number of aromatic nitrogens is 1. The molecule has 0 bridgehead atoms. The summed E-state index contributed by atoms with van der Waals surface area (Å²) in [6.07, 6.45) is 0.195. The quantitative estimate of drug-likeness (QED) is 0.527. The van der Waals surface area contributed by atoms with Gasteiger partial charge < -0.3 is 29.6 Å². The SMILES string of the molecule is CNC(=O)Cc1sc(Nc2cc(Cl)c(OC)cc2OC)nc1-c1ccc2c(c1)OCCO2. The van der Waals surface area contributed by atoms with Gasteiger partial charge in [-0.25, -0.2) is 4.98 Å². The number of amides is 1. The summed E-state index contributed by atoms with van der Waals surface area (Å²) in [4.78, 5) is 17.7. The summed E-state index contributed by atoms with van der Waals surface area (Å²) in [6, 6.07) is 9.05. The Morgan fingerprint density at radius 3 is 2.59 bits per heavy atom. The number of nitrogens with one attached hydrogen (secondary N) is 2. The van der Waals surface area contributed by atoms with Crippen LogP contribution in [0, 0.1) is 0 Å². The number of ether oxygens (including phenoxy) is 4. The van der Waals surface area contributed by atoms with Crippen molar-refractivity contribution in [1.82, 2.24) is 10.3 Å². The second-order valence-electron chi connectivity index (χ2n) is 6.81. The highest BCUT2D eigenvalue weighted by Gasteiger charge is 2.20. The number of carbonyl (C=O) groups is 1. The molecular weight excluding hydrogens is 454 g/mol. The topological polar surface area (TPSA) is 90.9 Å². The van der Waals surface area contributed by atoms with E-state index in [2.05, 4.69) is 10.6 Å². The van der Waals surface area contributed by atoms with Gasteiger partial charge in [0.25, 0.3) is 0 Å². The molecule has 32 heavy (non-hydrogen) atoms. The molecule has 10 heteroatoms. The van der Waals surface area contributed by atoms with Crippen LogP contribution in [-0.4, -0.2) is 45.4 Å². The average Bonchev–Trinajstić information content (AvgIpc) is 3.20. The molecule has 2 heterocycles. The van der Waals surface area contributed by atoms with Gasteiger partial charge in [0.15, 0.2) is 16.6 Å². The molecular formula is C22H22ClN3O5S. The van der Waals surface area contributed by atoms with E-state index in [0.717, 1.165) is 10.4 Å². The number of anilines is 2. The summed E-state index contributed by atoms with van der Waals surface area (Å²) in [5.41, 5.74) is 2.15. The number of thiazole rings is 1. The van der Waals surface area contributed by atoms with Crippen molar-refractivity contribution in [3.05, 3.63) is 40.2 Å². The zero-order valence-corrected chi connectivity index (χ0v) is 19.4. The van der Waals surface area contributed by atoms with Gasteiger partial charge in [-0.05, 0) is 24.3 Å². The number of halogens is 1. The summed E-state index contributed by atoms with van der Waals surface area (Å²) < 4.78 is 22.0. The standard InChI is InChI=1S/C22H22ClN3O5S/c1-24-20(27)11-19-21(12-4-5-15-18(8-12)31-7-6-30-15)26-22(32-19)25-14-9-13(23)16(28-2)10-17(14)29-3/h4-5,8-10H,6-7,11H2,1-3H3,(H,24,27)(H,25,26). The van der Waals surface area contributed by atoms with Crippen LogP contribution in [0.1, 0.15) is 4.88 Å². The maximum atomic E-state index is 12.1. The lowest BCUT2D eigenvalue weighted by molar-refractivity contribution is -0.119. The lowest BCUT2D eigenvalue weighted by Crippen LogP contribution is -2.19. The number of fused-ring (bicyclic) bond motifs is 1. The number of methoxy groups -OCH3 is 2. The van der Waals surface area contributed by atoms with Crippen LogP contribution >= 0.6 is 22.9 Å². The van der Waals surface area contributed by atoms with Gasteiger partial charge in [0.2, 0.25) is 5.91 Å². The van der Waals surface area contributed by atoms with Crippen LogP contribution in [0.15, 0.2) is 30.3 Å². The van der Waals surface area contributed by atoms with E-state index < -0.39 is 0 Å². The molecule has 0 saturated carbocycles. The highest BCUT2D eigenvalue weighted by Crippen LogP contribution is 2.41. The molecule has 168 valence electrons. The van der Waals surface area contributed by atoms with Crippen LogP contribution in [0.3, 0.4) is 0 Å². The van der Waals surface area contributed by atoms with Crippen molar-refractivity contribution in [3.8, 4) is 34.3 Å². The van der Waals surface area contributed by atoms with E-state index in [1.807, 2.05) is 18.2 Å². The molecule has 1 aromatic heterocycles. The molecule has 0 radical (unpaired) electrons.